The Balaban J connectivity index is 1.74. The Hall–Kier alpha value is -2.98. The van der Waals surface area contributed by atoms with E-state index in [9.17, 15) is 18.0 Å². The molecule has 3 aromatic carbocycles. The van der Waals surface area contributed by atoms with Crippen molar-refractivity contribution in [2.75, 3.05) is 18.0 Å². The average Bonchev–Trinajstić information content (AvgIpc) is 3.02. The number of carbonyl (C=O) groups is 2. The Kier molecular flexibility index (Phi) is 12.0. The summed E-state index contributed by atoms with van der Waals surface area (Å²) in [5.41, 5.74) is 1.69. The fourth-order valence-electron chi connectivity index (χ4n) is 5.48. The van der Waals surface area contributed by atoms with Crippen molar-refractivity contribution in [3.8, 4) is 5.75 Å². The van der Waals surface area contributed by atoms with Crippen LogP contribution in [0.3, 0.4) is 0 Å². The Morgan fingerprint density at radius 3 is 2.22 bits per heavy atom. The fourth-order valence-corrected chi connectivity index (χ4v) is 7.45. The van der Waals surface area contributed by atoms with E-state index in [1.807, 2.05) is 13.8 Å². The standard InChI is InChI=1S/C33H38Cl3N3O5S/c1-4-30(33(41)37-24-8-6-5-7-9-24)38(20-23-12-16-27(34)28(35)18-23)32(40)21-39(25-13-17-31(44-3)29(36)19-25)45(42,43)26-14-10-22(2)11-15-26/h10-19,24,30H,4-9,20-21H2,1-3H3,(H,37,41). The maximum Gasteiger partial charge on any atom is 0.264 e. The number of nitrogens with zero attached hydrogens (tertiary/aromatic N) is 2. The third-order valence-corrected chi connectivity index (χ3v) is 10.8. The van der Waals surface area contributed by atoms with Crippen LogP contribution in [0.15, 0.2) is 65.6 Å². The van der Waals surface area contributed by atoms with Crippen molar-refractivity contribution >= 4 is 62.3 Å². The normalized spacial score (nSPS) is 14.4. The molecule has 1 aliphatic rings. The van der Waals surface area contributed by atoms with E-state index in [4.69, 9.17) is 39.5 Å². The number of benzene rings is 3. The van der Waals surface area contributed by atoms with E-state index in [0.29, 0.717) is 27.8 Å². The van der Waals surface area contributed by atoms with Crippen LogP contribution in [0.1, 0.15) is 56.6 Å². The maximum absolute atomic E-state index is 14.3. The average molecular weight is 695 g/mol. The van der Waals surface area contributed by atoms with Crippen molar-refractivity contribution < 1.29 is 22.7 Å². The van der Waals surface area contributed by atoms with Crippen LogP contribution in [-0.2, 0) is 26.2 Å². The number of sulfonamides is 1. The summed E-state index contributed by atoms with van der Waals surface area (Å²) in [6.45, 7) is 3.09. The number of amides is 2. The molecular formula is C33H38Cl3N3O5S. The molecule has 1 aliphatic carbocycles. The van der Waals surface area contributed by atoms with Gasteiger partial charge in [-0.2, -0.15) is 0 Å². The van der Waals surface area contributed by atoms with Crippen molar-refractivity contribution in [1.29, 1.82) is 0 Å². The lowest BCUT2D eigenvalue weighted by molar-refractivity contribution is -0.140. The van der Waals surface area contributed by atoms with Crippen LogP contribution >= 0.6 is 34.8 Å². The van der Waals surface area contributed by atoms with Gasteiger partial charge in [0.25, 0.3) is 10.0 Å². The summed E-state index contributed by atoms with van der Waals surface area (Å²) in [6, 6.07) is 15.0. The Labute approximate surface area is 280 Å². The molecule has 0 aromatic heterocycles. The number of nitrogens with one attached hydrogen (secondary N) is 1. The van der Waals surface area contributed by atoms with E-state index in [1.54, 1.807) is 36.4 Å². The van der Waals surface area contributed by atoms with Gasteiger partial charge in [0.05, 0.1) is 32.8 Å². The molecule has 0 spiro atoms. The Bertz CT molecular complexity index is 1610. The van der Waals surface area contributed by atoms with Gasteiger partial charge in [0.15, 0.2) is 0 Å². The minimum atomic E-state index is -4.25. The first-order valence-corrected chi connectivity index (χ1v) is 17.5. The second kappa shape index (κ2) is 15.5. The molecule has 1 N–H and O–H groups in total. The van der Waals surface area contributed by atoms with Gasteiger partial charge in [0.1, 0.15) is 18.3 Å². The van der Waals surface area contributed by atoms with E-state index in [-0.39, 0.29) is 34.1 Å². The summed E-state index contributed by atoms with van der Waals surface area (Å²) in [7, 11) is -2.80. The Morgan fingerprint density at radius 2 is 1.62 bits per heavy atom. The predicted molar refractivity (Wildman–Crippen MR) is 180 cm³/mol. The molecule has 0 bridgehead atoms. The molecule has 1 atom stereocenters. The number of anilines is 1. The highest BCUT2D eigenvalue weighted by Gasteiger charge is 2.34. The zero-order chi connectivity index (χ0) is 32.7. The van der Waals surface area contributed by atoms with Gasteiger partial charge in [0.2, 0.25) is 11.8 Å². The number of rotatable bonds is 12. The topological polar surface area (TPSA) is 96.0 Å². The summed E-state index contributed by atoms with van der Waals surface area (Å²) >= 11 is 18.9. The first kappa shape index (κ1) is 34.9. The van der Waals surface area contributed by atoms with Crippen LogP contribution in [0.2, 0.25) is 15.1 Å². The molecule has 1 fully saturated rings. The molecule has 12 heteroatoms. The third-order valence-electron chi connectivity index (χ3n) is 7.99. The summed E-state index contributed by atoms with van der Waals surface area (Å²) in [5.74, 6) is -0.501. The van der Waals surface area contributed by atoms with Gasteiger partial charge in [-0.05, 0) is 74.2 Å². The van der Waals surface area contributed by atoms with Gasteiger partial charge >= 0.3 is 0 Å². The number of ether oxygens (including phenoxy) is 1. The highest BCUT2D eigenvalue weighted by Crippen LogP contribution is 2.33. The lowest BCUT2D eigenvalue weighted by Gasteiger charge is -2.34. The molecule has 3 aromatic rings. The highest BCUT2D eigenvalue weighted by atomic mass is 35.5. The summed E-state index contributed by atoms with van der Waals surface area (Å²) in [6.07, 6.45) is 5.26. The van der Waals surface area contributed by atoms with Crippen molar-refractivity contribution in [3.63, 3.8) is 0 Å². The number of aryl methyl sites for hydroxylation is 1. The number of halogens is 3. The lowest BCUT2D eigenvalue weighted by Crippen LogP contribution is -2.54. The molecule has 242 valence electrons. The molecule has 0 radical (unpaired) electrons. The molecule has 2 amide bonds. The van der Waals surface area contributed by atoms with E-state index >= 15 is 0 Å². The molecule has 0 aliphatic heterocycles. The zero-order valence-electron chi connectivity index (χ0n) is 25.6. The van der Waals surface area contributed by atoms with Crippen LogP contribution in [0.5, 0.6) is 5.75 Å². The molecule has 4 rings (SSSR count). The molecular weight excluding hydrogens is 657 g/mol. The van der Waals surface area contributed by atoms with Crippen LogP contribution in [0.25, 0.3) is 0 Å². The predicted octanol–water partition coefficient (Wildman–Crippen LogP) is 7.42. The van der Waals surface area contributed by atoms with E-state index in [2.05, 4.69) is 5.32 Å². The summed E-state index contributed by atoms with van der Waals surface area (Å²) in [5, 5.41) is 3.97. The molecule has 1 saturated carbocycles. The molecule has 8 nitrogen and oxygen atoms in total. The summed E-state index contributed by atoms with van der Waals surface area (Å²) in [4.78, 5) is 29.5. The van der Waals surface area contributed by atoms with Crippen LogP contribution in [0, 0.1) is 6.92 Å². The molecule has 0 saturated heterocycles. The van der Waals surface area contributed by atoms with Gasteiger partial charge in [-0.25, -0.2) is 8.42 Å². The SMILES string of the molecule is CCC(C(=O)NC1CCCCC1)N(Cc1ccc(Cl)c(Cl)c1)C(=O)CN(c1ccc(OC)c(Cl)c1)S(=O)(=O)c1ccc(C)cc1. The van der Waals surface area contributed by atoms with Gasteiger partial charge < -0.3 is 15.0 Å². The van der Waals surface area contributed by atoms with Gasteiger partial charge in [-0.1, -0.05) is 84.8 Å². The number of methoxy groups -OCH3 is 1. The Morgan fingerprint density at radius 1 is 0.933 bits per heavy atom. The van der Waals surface area contributed by atoms with Crippen molar-refractivity contribution in [3.05, 3.63) is 86.9 Å². The second-order valence-electron chi connectivity index (χ2n) is 11.2. The lowest BCUT2D eigenvalue weighted by atomic mass is 9.95. The van der Waals surface area contributed by atoms with Crippen LogP contribution in [-0.4, -0.2) is 50.9 Å². The number of carbonyl (C=O) groups excluding carboxylic acids is 2. The third kappa shape index (κ3) is 8.64. The molecule has 0 heterocycles. The smallest absolute Gasteiger partial charge is 0.264 e. The number of hydrogen-bond donors (Lipinski definition) is 1. The first-order valence-electron chi connectivity index (χ1n) is 14.9. The largest absolute Gasteiger partial charge is 0.495 e. The van der Waals surface area contributed by atoms with Gasteiger partial charge in [0, 0.05) is 12.6 Å². The second-order valence-corrected chi connectivity index (χ2v) is 14.3. The van der Waals surface area contributed by atoms with Gasteiger partial charge in [-0.15, -0.1) is 0 Å². The monoisotopic (exact) mass is 693 g/mol. The number of hydrogen-bond acceptors (Lipinski definition) is 5. The van der Waals surface area contributed by atoms with E-state index < -0.39 is 28.5 Å². The van der Waals surface area contributed by atoms with Gasteiger partial charge in [-0.3, -0.25) is 13.9 Å². The van der Waals surface area contributed by atoms with E-state index in [1.165, 1.54) is 36.3 Å². The van der Waals surface area contributed by atoms with Crippen molar-refractivity contribution in [2.45, 2.75) is 75.9 Å². The van der Waals surface area contributed by atoms with Crippen LogP contribution in [0.4, 0.5) is 5.69 Å². The minimum absolute atomic E-state index is 0.00552. The minimum Gasteiger partial charge on any atom is -0.495 e. The van der Waals surface area contributed by atoms with Crippen molar-refractivity contribution in [2.24, 2.45) is 0 Å². The fraction of sp³-hybridized carbons (Fsp3) is 0.394. The summed E-state index contributed by atoms with van der Waals surface area (Å²) < 4.78 is 34.5. The first-order chi connectivity index (χ1) is 21.4. The van der Waals surface area contributed by atoms with Crippen molar-refractivity contribution in [1.82, 2.24) is 10.2 Å². The molecule has 1 unspecified atom stereocenters. The highest BCUT2D eigenvalue weighted by molar-refractivity contribution is 7.92. The van der Waals surface area contributed by atoms with E-state index in [0.717, 1.165) is 42.0 Å². The molecule has 45 heavy (non-hydrogen) atoms. The quantitative estimate of drug-likeness (QED) is 0.213. The van der Waals surface area contributed by atoms with Crippen LogP contribution < -0.4 is 14.4 Å². The zero-order valence-corrected chi connectivity index (χ0v) is 28.6. The maximum atomic E-state index is 14.3.